The van der Waals surface area contributed by atoms with E-state index in [0.717, 1.165) is 5.39 Å². The van der Waals surface area contributed by atoms with Gasteiger partial charge in [0.15, 0.2) is 0 Å². The summed E-state index contributed by atoms with van der Waals surface area (Å²) in [4.78, 5) is 26.9. The van der Waals surface area contributed by atoms with Crippen molar-refractivity contribution >= 4 is 16.7 Å². The summed E-state index contributed by atoms with van der Waals surface area (Å²) in [7, 11) is 0. The Balaban J connectivity index is 2.00. The second kappa shape index (κ2) is 4.61. The van der Waals surface area contributed by atoms with Crippen LogP contribution in [0.5, 0.6) is 0 Å². The highest BCUT2D eigenvalue weighted by molar-refractivity contribution is 5.88. The Morgan fingerprint density at radius 1 is 1.30 bits per heavy atom. The highest BCUT2D eigenvalue weighted by Crippen LogP contribution is 2.09. The molecule has 0 aliphatic carbocycles. The van der Waals surface area contributed by atoms with Crippen LogP contribution in [0.15, 0.2) is 45.8 Å². The van der Waals surface area contributed by atoms with Crippen molar-refractivity contribution in [2.75, 3.05) is 0 Å². The average Bonchev–Trinajstić information content (AvgIpc) is 2.91. The lowest BCUT2D eigenvalue weighted by Crippen LogP contribution is -2.20. The number of hydrogen-bond donors (Lipinski definition) is 1. The molecule has 3 aromatic rings. The first-order valence-corrected chi connectivity index (χ1v) is 5.86. The second-order valence-electron chi connectivity index (χ2n) is 4.21. The van der Waals surface area contributed by atoms with E-state index in [1.807, 2.05) is 18.2 Å². The van der Waals surface area contributed by atoms with Crippen LogP contribution in [0, 0.1) is 0 Å². The summed E-state index contributed by atoms with van der Waals surface area (Å²) in [5.74, 6) is -0.823. The van der Waals surface area contributed by atoms with Crippen molar-refractivity contribution in [1.82, 2.24) is 14.7 Å². The Labute approximate surface area is 112 Å². The minimum Gasteiger partial charge on any atom is -0.363 e. The third-order valence-corrected chi connectivity index (χ3v) is 2.88. The van der Waals surface area contributed by atoms with Gasteiger partial charge in [-0.1, -0.05) is 23.4 Å². The van der Waals surface area contributed by atoms with E-state index in [1.165, 1.54) is 4.57 Å². The third-order valence-electron chi connectivity index (χ3n) is 2.88. The van der Waals surface area contributed by atoms with Crippen molar-refractivity contribution in [2.24, 2.45) is 5.73 Å². The molecule has 100 valence electrons. The van der Waals surface area contributed by atoms with Crippen molar-refractivity contribution < 1.29 is 9.32 Å². The molecule has 0 spiro atoms. The molecule has 2 N–H and O–H groups in total. The van der Waals surface area contributed by atoms with Gasteiger partial charge >= 0.3 is 0 Å². The van der Waals surface area contributed by atoms with Crippen LogP contribution >= 0.6 is 0 Å². The Hall–Kier alpha value is -2.96. The number of pyridine rings is 1. The number of nitrogens with zero attached hydrogens (tertiary/aromatic N) is 3. The van der Waals surface area contributed by atoms with Crippen molar-refractivity contribution in [1.29, 1.82) is 0 Å². The largest absolute Gasteiger partial charge is 0.363 e. The zero-order valence-corrected chi connectivity index (χ0v) is 10.3. The Kier molecular flexibility index (Phi) is 2.79. The molecule has 0 aliphatic rings. The van der Waals surface area contributed by atoms with Crippen molar-refractivity contribution in [3.63, 3.8) is 0 Å². The van der Waals surface area contributed by atoms with Crippen LogP contribution in [0.1, 0.15) is 16.5 Å². The minimum absolute atomic E-state index is 0.0872. The van der Waals surface area contributed by atoms with Crippen molar-refractivity contribution in [2.45, 2.75) is 6.54 Å². The van der Waals surface area contributed by atoms with E-state index in [-0.39, 0.29) is 23.8 Å². The fourth-order valence-corrected chi connectivity index (χ4v) is 1.92. The third kappa shape index (κ3) is 2.05. The molecule has 7 heteroatoms. The Morgan fingerprint density at radius 2 is 2.10 bits per heavy atom. The molecule has 0 aliphatic heterocycles. The summed E-state index contributed by atoms with van der Waals surface area (Å²) < 4.78 is 6.31. The maximum atomic E-state index is 12.3. The number of rotatable bonds is 3. The highest BCUT2D eigenvalue weighted by atomic mass is 16.5. The fourth-order valence-electron chi connectivity index (χ4n) is 1.92. The zero-order valence-electron chi connectivity index (χ0n) is 10.3. The van der Waals surface area contributed by atoms with Crippen LogP contribution in [0.2, 0.25) is 0 Å². The predicted molar refractivity (Wildman–Crippen MR) is 70.1 cm³/mol. The molecule has 7 nitrogen and oxygen atoms in total. The molecule has 2 aromatic heterocycles. The number of benzene rings is 1. The van der Waals surface area contributed by atoms with Gasteiger partial charge in [-0.05, 0) is 17.5 Å². The van der Waals surface area contributed by atoms with Crippen LogP contribution in [0.4, 0.5) is 0 Å². The lowest BCUT2D eigenvalue weighted by Gasteiger charge is -2.03. The molecule has 1 amide bonds. The fraction of sp³-hybridized carbons (Fsp3) is 0.0769. The number of nitrogens with two attached hydrogens (primary N) is 1. The van der Waals surface area contributed by atoms with Crippen molar-refractivity contribution in [3.8, 4) is 0 Å². The van der Waals surface area contributed by atoms with Gasteiger partial charge in [0, 0.05) is 11.6 Å². The van der Waals surface area contributed by atoms with Gasteiger partial charge in [0.25, 0.3) is 17.3 Å². The molecule has 0 bridgehead atoms. The van der Waals surface area contributed by atoms with E-state index in [1.54, 1.807) is 18.3 Å². The van der Waals surface area contributed by atoms with Crippen LogP contribution in [0.3, 0.4) is 0 Å². The standard InChI is InChI=1S/C13H10N4O3/c14-11(18)12-15-10(20-16-12)7-17-6-5-8-3-1-2-4-9(8)13(17)19/h1-6H,7H2,(H2,14,18). The van der Waals surface area contributed by atoms with Gasteiger partial charge in [-0.2, -0.15) is 4.98 Å². The molecular formula is C13H10N4O3. The van der Waals surface area contributed by atoms with Crippen LogP contribution in [0.25, 0.3) is 10.8 Å². The number of amides is 1. The number of primary amides is 1. The molecule has 1 aromatic carbocycles. The summed E-state index contributed by atoms with van der Waals surface area (Å²) in [6.45, 7) is 0.0872. The molecule has 0 fully saturated rings. The first-order chi connectivity index (χ1) is 9.65. The lowest BCUT2D eigenvalue weighted by molar-refractivity contribution is 0.0987. The molecular weight excluding hydrogens is 260 g/mol. The maximum Gasteiger partial charge on any atom is 0.290 e. The molecule has 0 saturated carbocycles. The molecule has 3 rings (SSSR count). The zero-order chi connectivity index (χ0) is 14.1. The SMILES string of the molecule is NC(=O)c1noc(Cn2ccc3ccccc3c2=O)n1. The number of hydrogen-bond acceptors (Lipinski definition) is 5. The van der Waals surface area contributed by atoms with Gasteiger partial charge < -0.3 is 14.8 Å². The number of carbonyl (C=O) groups excluding carboxylic acids is 1. The van der Waals surface area contributed by atoms with E-state index in [0.29, 0.717) is 5.39 Å². The number of aromatic nitrogens is 3. The van der Waals surface area contributed by atoms with Crippen LogP contribution < -0.4 is 11.3 Å². The van der Waals surface area contributed by atoms with E-state index in [9.17, 15) is 9.59 Å². The predicted octanol–water partition coefficient (Wildman–Crippen LogP) is 0.532. The minimum atomic E-state index is -0.772. The van der Waals surface area contributed by atoms with Gasteiger partial charge in [0.2, 0.25) is 5.89 Å². The summed E-state index contributed by atoms with van der Waals surface area (Å²) in [5, 5.41) is 4.89. The second-order valence-corrected chi connectivity index (χ2v) is 4.21. The topological polar surface area (TPSA) is 104 Å². The summed E-state index contributed by atoms with van der Waals surface area (Å²) in [6, 6.07) is 9.09. The monoisotopic (exact) mass is 270 g/mol. The maximum absolute atomic E-state index is 12.3. The Morgan fingerprint density at radius 3 is 2.85 bits per heavy atom. The summed E-state index contributed by atoms with van der Waals surface area (Å²) >= 11 is 0. The molecule has 0 unspecified atom stereocenters. The van der Waals surface area contributed by atoms with Gasteiger partial charge in [-0.3, -0.25) is 9.59 Å². The molecule has 0 saturated heterocycles. The van der Waals surface area contributed by atoms with E-state index >= 15 is 0 Å². The lowest BCUT2D eigenvalue weighted by atomic mass is 10.2. The Bertz CT molecular complexity index is 850. The normalized spacial score (nSPS) is 10.8. The molecule has 0 atom stereocenters. The van der Waals surface area contributed by atoms with E-state index in [4.69, 9.17) is 10.3 Å². The number of carbonyl (C=O) groups is 1. The van der Waals surface area contributed by atoms with Gasteiger partial charge in [0.05, 0.1) is 0 Å². The smallest absolute Gasteiger partial charge is 0.290 e. The summed E-state index contributed by atoms with van der Waals surface area (Å²) in [6.07, 6.45) is 1.64. The molecule has 2 heterocycles. The van der Waals surface area contributed by atoms with Crippen LogP contribution in [-0.4, -0.2) is 20.6 Å². The van der Waals surface area contributed by atoms with E-state index < -0.39 is 5.91 Å². The molecule has 20 heavy (non-hydrogen) atoms. The van der Waals surface area contributed by atoms with E-state index in [2.05, 4.69) is 10.1 Å². The number of fused-ring (bicyclic) bond motifs is 1. The van der Waals surface area contributed by atoms with Crippen molar-refractivity contribution in [3.05, 3.63) is 58.6 Å². The van der Waals surface area contributed by atoms with Gasteiger partial charge in [-0.15, -0.1) is 0 Å². The van der Waals surface area contributed by atoms with Gasteiger partial charge in [-0.25, -0.2) is 0 Å². The average molecular weight is 270 g/mol. The van der Waals surface area contributed by atoms with Gasteiger partial charge in [0.1, 0.15) is 6.54 Å². The van der Waals surface area contributed by atoms with Crippen LogP contribution in [-0.2, 0) is 6.54 Å². The first-order valence-electron chi connectivity index (χ1n) is 5.86. The first kappa shape index (κ1) is 12.1. The quantitative estimate of drug-likeness (QED) is 0.747. The molecule has 0 radical (unpaired) electrons. The highest BCUT2D eigenvalue weighted by Gasteiger charge is 2.12. The summed E-state index contributed by atoms with van der Waals surface area (Å²) in [5.41, 5.74) is 4.87.